The molecule has 2 nitrogen and oxygen atoms in total. The third-order valence-electron chi connectivity index (χ3n) is 3.46. The fourth-order valence-electron chi connectivity index (χ4n) is 2.35. The van der Waals surface area contributed by atoms with Gasteiger partial charge in [0.25, 0.3) is 0 Å². The number of fused-ring (bicyclic) bond motifs is 1. The predicted molar refractivity (Wildman–Crippen MR) is 75.3 cm³/mol. The van der Waals surface area contributed by atoms with Gasteiger partial charge < -0.3 is 10.1 Å². The Labute approximate surface area is 116 Å². The Morgan fingerprint density at radius 3 is 3.16 bits per heavy atom. The number of thiophene rings is 1. The standard InChI is InChI=1S/C15H16FNOS/c1-10(11-4-5-19-9-11)17-8-14-7-12-6-13(16)2-3-15(12)18-14/h2-6,9-10,14,17H,7-8H2,1H3. The van der Waals surface area contributed by atoms with Gasteiger partial charge in [0.1, 0.15) is 17.7 Å². The molecule has 2 unspecified atom stereocenters. The number of hydrogen-bond acceptors (Lipinski definition) is 3. The highest BCUT2D eigenvalue weighted by molar-refractivity contribution is 7.07. The molecule has 0 saturated heterocycles. The Morgan fingerprint density at radius 1 is 1.47 bits per heavy atom. The summed E-state index contributed by atoms with van der Waals surface area (Å²) < 4.78 is 18.9. The lowest BCUT2D eigenvalue weighted by Crippen LogP contribution is -2.31. The molecule has 1 aliphatic heterocycles. The molecule has 100 valence electrons. The second-order valence-electron chi connectivity index (χ2n) is 4.88. The zero-order valence-corrected chi connectivity index (χ0v) is 11.5. The van der Waals surface area contributed by atoms with Crippen LogP contribution in [0.3, 0.4) is 0 Å². The average molecular weight is 277 g/mol. The van der Waals surface area contributed by atoms with Crippen LogP contribution in [0, 0.1) is 5.82 Å². The summed E-state index contributed by atoms with van der Waals surface area (Å²) in [6, 6.07) is 7.17. The molecule has 4 heteroatoms. The first-order valence-electron chi connectivity index (χ1n) is 6.43. The first-order valence-corrected chi connectivity index (χ1v) is 7.37. The van der Waals surface area contributed by atoms with Crippen LogP contribution in [0.4, 0.5) is 4.39 Å². The Bertz CT molecular complexity index is 555. The SMILES string of the molecule is CC(NCC1Cc2cc(F)ccc2O1)c1ccsc1. The van der Waals surface area contributed by atoms with Crippen molar-refractivity contribution in [2.45, 2.75) is 25.5 Å². The van der Waals surface area contributed by atoms with Crippen molar-refractivity contribution in [1.82, 2.24) is 5.32 Å². The van der Waals surface area contributed by atoms with Gasteiger partial charge in [-0.05, 0) is 47.5 Å². The van der Waals surface area contributed by atoms with Crippen LogP contribution in [0.15, 0.2) is 35.0 Å². The van der Waals surface area contributed by atoms with Gasteiger partial charge in [0, 0.05) is 24.6 Å². The van der Waals surface area contributed by atoms with Crippen LogP contribution in [0.2, 0.25) is 0 Å². The minimum absolute atomic E-state index is 0.0953. The number of hydrogen-bond donors (Lipinski definition) is 1. The highest BCUT2D eigenvalue weighted by Gasteiger charge is 2.23. The van der Waals surface area contributed by atoms with Crippen molar-refractivity contribution in [2.24, 2.45) is 0 Å². The molecular weight excluding hydrogens is 261 g/mol. The summed E-state index contributed by atoms with van der Waals surface area (Å²) in [7, 11) is 0. The lowest BCUT2D eigenvalue weighted by molar-refractivity contribution is 0.222. The highest BCUT2D eigenvalue weighted by atomic mass is 32.1. The fraction of sp³-hybridized carbons (Fsp3) is 0.333. The van der Waals surface area contributed by atoms with E-state index >= 15 is 0 Å². The summed E-state index contributed by atoms with van der Waals surface area (Å²) in [5.74, 6) is 0.624. The van der Waals surface area contributed by atoms with Crippen molar-refractivity contribution in [3.05, 3.63) is 52.0 Å². The third kappa shape index (κ3) is 2.80. The van der Waals surface area contributed by atoms with E-state index in [1.54, 1.807) is 23.5 Å². The number of rotatable bonds is 4. The molecule has 1 aromatic carbocycles. The molecule has 1 aromatic heterocycles. The van der Waals surface area contributed by atoms with Crippen molar-refractivity contribution >= 4 is 11.3 Å². The molecule has 1 aliphatic rings. The van der Waals surface area contributed by atoms with Crippen molar-refractivity contribution in [2.75, 3.05) is 6.54 Å². The van der Waals surface area contributed by atoms with Crippen LogP contribution in [0.25, 0.3) is 0 Å². The summed E-state index contributed by atoms with van der Waals surface area (Å²) in [6.45, 7) is 2.91. The van der Waals surface area contributed by atoms with Gasteiger partial charge in [0.05, 0.1) is 0 Å². The molecule has 0 spiro atoms. The lowest BCUT2D eigenvalue weighted by Gasteiger charge is -2.16. The Balaban J connectivity index is 1.56. The van der Waals surface area contributed by atoms with Gasteiger partial charge in [0.15, 0.2) is 0 Å². The van der Waals surface area contributed by atoms with Crippen LogP contribution < -0.4 is 10.1 Å². The van der Waals surface area contributed by atoms with E-state index in [0.717, 1.165) is 24.3 Å². The molecule has 1 N–H and O–H groups in total. The van der Waals surface area contributed by atoms with Gasteiger partial charge in [-0.3, -0.25) is 0 Å². The topological polar surface area (TPSA) is 21.3 Å². The van der Waals surface area contributed by atoms with Gasteiger partial charge in [-0.2, -0.15) is 11.3 Å². The molecule has 0 bridgehead atoms. The summed E-state index contributed by atoms with van der Waals surface area (Å²) >= 11 is 1.70. The number of halogens is 1. The van der Waals surface area contributed by atoms with E-state index in [1.807, 2.05) is 0 Å². The van der Waals surface area contributed by atoms with E-state index < -0.39 is 0 Å². The first kappa shape index (κ1) is 12.6. The second-order valence-corrected chi connectivity index (χ2v) is 5.66. The van der Waals surface area contributed by atoms with Crippen molar-refractivity contribution in [3.8, 4) is 5.75 Å². The molecule has 2 heterocycles. The summed E-state index contributed by atoms with van der Waals surface area (Å²) in [6.07, 6.45) is 0.870. The Morgan fingerprint density at radius 2 is 2.37 bits per heavy atom. The maximum Gasteiger partial charge on any atom is 0.123 e. The normalized spacial score (nSPS) is 18.9. The van der Waals surface area contributed by atoms with E-state index in [0.29, 0.717) is 6.04 Å². The molecule has 0 aliphatic carbocycles. The zero-order chi connectivity index (χ0) is 13.2. The molecule has 2 aromatic rings. The molecular formula is C15H16FNOS. The smallest absolute Gasteiger partial charge is 0.123 e. The maximum absolute atomic E-state index is 13.1. The number of nitrogens with one attached hydrogen (secondary N) is 1. The molecule has 0 amide bonds. The van der Waals surface area contributed by atoms with Crippen LogP contribution >= 0.6 is 11.3 Å². The van der Waals surface area contributed by atoms with Crippen LogP contribution in [-0.4, -0.2) is 12.6 Å². The highest BCUT2D eigenvalue weighted by Crippen LogP contribution is 2.29. The summed E-state index contributed by atoms with van der Waals surface area (Å²) in [4.78, 5) is 0. The van der Waals surface area contributed by atoms with E-state index in [4.69, 9.17) is 4.74 Å². The fourth-order valence-corrected chi connectivity index (χ4v) is 3.10. The van der Waals surface area contributed by atoms with Crippen LogP contribution in [0.1, 0.15) is 24.1 Å². The third-order valence-corrected chi connectivity index (χ3v) is 4.16. The van der Waals surface area contributed by atoms with E-state index in [-0.39, 0.29) is 11.9 Å². The number of ether oxygens (including phenoxy) is 1. The van der Waals surface area contributed by atoms with Crippen LogP contribution in [-0.2, 0) is 6.42 Å². The first-order chi connectivity index (χ1) is 9.22. The molecule has 0 fully saturated rings. The van der Waals surface area contributed by atoms with Crippen molar-refractivity contribution in [1.29, 1.82) is 0 Å². The maximum atomic E-state index is 13.1. The molecule has 0 saturated carbocycles. The molecule has 2 atom stereocenters. The van der Waals surface area contributed by atoms with Gasteiger partial charge >= 0.3 is 0 Å². The largest absolute Gasteiger partial charge is 0.488 e. The zero-order valence-electron chi connectivity index (χ0n) is 10.7. The average Bonchev–Trinajstić information content (AvgIpc) is 3.04. The van der Waals surface area contributed by atoms with Crippen molar-refractivity contribution in [3.63, 3.8) is 0 Å². The van der Waals surface area contributed by atoms with Crippen molar-refractivity contribution < 1.29 is 9.13 Å². The number of benzene rings is 1. The Hall–Kier alpha value is -1.39. The van der Waals surface area contributed by atoms with Gasteiger partial charge in [-0.1, -0.05) is 0 Å². The molecule has 19 heavy (non-hydrogen) atoms. The van der Waals surface area contributed by atoms with E-state index in [1.165, 1.54) is 11.6 Å². The van der Waals surface area contributed by atoms with Gasteiger partial charge in [-0.25, -0.2) is 4.39 Å². The minimum Gasteiger partial charge on any atom is -0.488 e. The summed E-state index contributed by atoms with van der Waals surface area (Å²) in [5, 5.41) is 7.70. The second kappa shape index (κ2) is 5.31. The quantitative estimate of drug-likeness (QED) is 0.923. The van der Waals surface area contributed by atoms with Gasteiger partial charge in [-0.15, -0.1) is 0 Å². The van der Waals surface area contributed by atoms with Gasteiger partial charge in [0.2, 0.25) is 0 Å². The van der Waals surface area contributed by atoms with E-state index in [2.05, 4.69) is 29.1 Å². The molecule has 0 radical (unpaired) electrons. The summed E-state index contributed by atoms with van der Waals surface area (Å²) in [5.41, 5.74) is 2.27. The minimum atomic E-state index is -0.192. The Kier molecular flexibility index (Phi) is 3.53. The molecule has 3 rings (SSSR count). The monoisotopic (exact) mass is 277 g/mol. The van der Waals surface area contributed by atoms with E-state index in [9.17, 15) is 4.39 Å². The lowest BCUT2D eigenvalue weighted by atomic mass is 10.1. The van der Waals surface area contributed by atoms with Crippen LogP contribution in [0.5, 0.6) is 5.75 Å². The predicted octanol–water partition coefficient (Wildman–Crippen LogP) is 3.54.